The van der Waals surface area contributed by atoms with E-state index < -0.39 is 23.0 Å². The van der Waals surface area contributed by atoms with Gasteiger partial charge in [-0.05, 0) is 83.0 Å². The normalized spacial score (nSPS) is 12.6. The van der Waals surface area contributed by atoms with Gasteiger partial charge in [0.2, 0.25) is 0 Å². The number of aromatic amines is 1. The Balaban J connectivity index is 1.74. The van der Waals surface area contributed by atoms with Crippen LogP contribution in [0.15, 0.2) is 70.4 Å². The first-order valence-electron chi connectivity index (χ1n) is 13.1. The fourth-order valence-electron chi connectivity index (χ4n) is 4.82. The molecule has 1 atom stereocenters. The van der Waals surface area contributed by atoms with Gasteiger partial charge < -0.3 is 4.74 Å². The lowest BCUT2D eigenvalue weighted by molar-refractivity contribution is -0.138. The average Bonchev–Trinajstić information content (AvgIpc) is 3.32. The monoisotopic (exact) mass is 587 g/mol. The summed E-state index contributed by atoms with van der Waals surface area (Å²) < 4.78 is 8.66. The van der Waals surface area contributed by atoms with Crippen LogP contribution in [-0.2, 0) is 9.53 Å². The molecule has 0 radical (unpaired) electrons. The molecule has 9 heteroatoms. The van der Waals surface area contributed by atoms with Crippen molar-refractivity contribution < 1.29 is 9.53 Å². The van der Waals surface area contributed by atoms with Crippen LogP contribution in [0.2, 0.25) is 5.02 Å². The molecule has 0 spiro atoms. The van der Waals surface area contributed by atoms with Crippen LogP contribution in [0.4, 0.5) is 0 Å². The molecular weight excluding hydrogens is 558 g/mol. The second kappa shape index (κ2) is 10.9. The SMILES string of the molecule is CC(=O)[C@@H](OC(C)(C)C)c1c(C)cc2nc(-c3cccc(-n4cc(C)c(=O)[nH]c4=O)c3)sc2c1-c1ccc(Cl)cc1. The Morgan fingerprint density at radius 1 is 1.02 bits per heavy atom. The average molecular weight is 588 g/mol. The molecule has 3 aromatic carbocycles. The van der Waals surface area contributed by atoms with Crippen molar-refractivity contribution in [3.05, 3.63) is 103 Å². The maximum atomic E-state index is 13.0. The number of hydrogen-bond acceptors (Lipinski definition) is 6. The van der Waals surface area contributed by atoms with Crippen LogP contribution in [-0.4, -0.2) is 25.9 Å². The minimum atomic E-state index is -0.769. The summed E-state index contributed by atoms with van der Waals surface area (Å²) in [4.78, 5) is 44.8. The Hall–Kier alpha value is -3.85. The van der Waals surface area contributed by atoms with Gasteiger partial charge in [0.25, 0.3) is 5.56 Å². The quantitative estimate of drug-likeness (QED) is 0.227. The second-order valence-electron chi connectivity index (χ2n) is 11.1. The fourth-order valence-corrected chi connectivity index (χ4v) is 6.07. The molecule has 0 saturated carbocycles. The molecule has 0 amide bonds. The Labute approximate surface area is 246 Å². The van der Waals surface area contributed by atoms with Crippen molar-refractivity contribution in [1.82, 2.24) is 14.5 Å². The summed E-state index contributed by atoms with van der Waals surface area (Å²) in [6.45, 7) is 11.0. The van der Waals surface area contributed by atoms with Crippen LogP contribution in [0.1, 0.15) is 50.5 Å². The standard InChI is InChI=1S/C32H30ClN3O4S/c1-17-14-24-28(26(20-10-12-22(33)13-11-20)25(17)27(19(3)37)40-32(4,5)6)41-30(34-24)21-8-7-9-23(15-21)36-16-18(2)29(38)35-31(36)39/h7-16,27H,1-6H3,(H,35,38,39)/t27-/m1/s1. The van der Waals surface area contributed by atoms with Crippen molar-refractivity contribution in [2.75, 3.05) is 0 Å². The molecule has 2 aromatic heterocycles. The number of nitrogens with zero attached hydrogens (tertiary/aromatic N) is 2. The van der Waals surface area contributed by atoms with Gasteiger partial charge >= 0.3 is 5.69 Å². The third kappa shape index (κ3) is 5.81. The number of nitrogens with one attached hydrogen (secondary N) is 1. The molecule has 0 aliphatic heterocycles. The molecule has 5 aromatic rings. The zero-order chi connectivity index (χ0) is 29.6. The number of fused-ring (bicyclic) bond motifs is 1. The first kappa shape index (κ1) is 28.7. The third-order valence-corrected chi connectivity index (χ3v) is 8.04. The van der Waals surface area contributed by atoms with E-state index in [9.17, 15) is 14.4 Å². The number of halogens is 1. The van der Waals surface area contributed by atoms with Crippen LogP contribution >= 0.6 is 22.9 Å². The lowest BCUT2D eigenvalue weighted by Gasteiger charge is -2.29. The predicted molar refractivity (Wildman–Crippen MR) is 165 cm³/mol. The highest BCUT2D eigenvalue weighted by molar-refractivity contribution is 7.22. The lowest BCUT2D eigenvalue weighted by atomic mass is 9.90. The smallest absolute Gasteiger partial charge is 0.332 e. The topological polar surface area (TPSA) is 94.0 Å². The number of aryl methyl sites for hydroxylation is 2. The van der Waals surface area contributed by atoms with Crippen LogP contribution in [0.25, 0.3) is 37.6 Å². The largest absolute Gasteiger partial charge is 0.360 e. The Morgan fingerprint density at radius 2 is 1.73 bits per heavy atom. The van der Waals surface area contributed by atoms with Crippen LogP contribution in [0.3, 0.4) is 0 Å². The summed E-state index contributed by atoms with van der Waals surface area (Å²) in [5, 5.41) is 1.36. The minimum Gasteiger partial charge on any atom is -0.360 e. The molecule has 1 N–H and O–H groups in total. The van der Waals surface area contributed by atoms with Gasteiger partial charge in [-0.3, -0.25) is 19.1 Å². The van der Waals surface area contributed by atoms with E-state index in [4.69, 9.17) is 21.3 Å². The molecule has 7 nitrogen and oxygen atoms in total. The summed E-state index contributed by atoms with van der Waals surface area (Å²) in [7, 11) is 0. The van der Waals surface area contributed by atoms with E-state index in [1.54, 1.807) is 19.9 Å². The molecule has 41 heavy (non-hydrogen) atoms. The van der Waals surface area contributed by atoms with Crippen molar-refractivity contribution >= 4 is 38.9 Å². The van der Waals surface area contributed by atoms with Gasteiger partial charge in [-0.15, -0.1) is 11.3 Å². The van der Waals surface area contributed by atoms with E-state index in [2.05, 4.69) is 4.98 Å². The molecule has 0 bridgehead atoms. The second-order valence-corrected chi connectivity index (χ2v) is 12.5. The maximum absolute atomic E-state index is 13.0. The Morgan fingerprint density at radius 3 is 2.39 bits per heavy atom. The number of carbonyl (C=O) groups excluding carboxylic acids is 1. The molecule has 0 aliphatic rings. The summed E-state index contributed by atoms with van der Waals surface area (Å²) in [6, 6.07) is 17.0. The van der Waals surface area contributed by atoms with Crippen molar-refractivity contribution in [3.8, 4) is 27.4 Å². The van der Waals surface area contributed by atoms with Crippen LogP contribution in [0.5, 0.6) is 0 Å². The summed E-state index contributed by atoms with van der Waals surface area (Å²) in [5.41, 5.74) is 4.66. The molecule has 0 saturated heterocycles. The van der Waals surface area contributed by atoms with Gasteiger partial charge in [0.15, 0.2) is 5.78 Å². The first-order chi connectivity index (χ1) is 19.3. The number of hydrogen-bond donors (Lipinski definition) is 1. The number of ketones is 1. The van der Waals surface area contributed by atoms with Crippen molar-refractivity contribution in [2.24, 2.45) is 0 Å². The highest BCUT2D eigenvalue weighted by Gasteiger charge is 2.30. The molecule has 0 fully saturated rings. The number of aromatic nitrogens is 3. The van der Waals surface area contributed by atoms with E-state index in [0.717, 1.165) is 43.0 Å². The number of carbonyl (C=O) groups is 1. The molecule has 5 rings (SSSR count). The van der Waals surface area contributed by atoms with Crippen LogP contribution in [0, 0.1) is 13.8 Å². The summed E-state index contributed by atoms with van der Waals surface area (Å²) in [5.74, 6) is -0.0864. The number of benzene rings is 3. The Bertz CT molecular complexity index is 1910. The number of rotatable bonds is 6. The minimum absolute atomic E-state index is 0.0864. The van der Waals surface area contributed by atoms with E-state index >= 15 is 0 Å². The highest BCUT2D eigenvalue weighted by Crippen LogP contribution is 2.44. The van der Waals surface area contributed by atoms with Crippen molar-refractivity contribution in [1.29, 1.82) is 0 Å². The molecular formula is C32H30ClN3O4S. The summed E-state index contributed by atoms with van der Waals surface area (Å²) in [6.07, 6.45) is 0.763. The predicted octanol–water partition coefficient (Wildman–Crippen LogP) is 7.18. The van der Waals surface area contributed by atoms with Gasteiger partial charge in [-0.1, -0.05) is 35.9 Å². The summed E-state index contributed by atoms with van der Waals surface area (Å²) >= 11 is 7.74. The molecule has 0 unspecified atom stereocenters. The fraction of sp³-hybridized carbons (Fsp3) is 0.250. The zero-order valence-electron chi connectivity index (χ0n) is 23.7. The molecule has 0 aliphatic carbocycles. The van der Waals surface area contributed by atoms with E-state index in [-0.39, 0.29) is 5.78 Å². The van der Waals surface area contributed by atoms with Gasteiger partial charge in [-0.2, -0.15) is 0 Å². The Kier molecular flexibility index (Phi) is 7.59. The number of ether oxygens (including phenoxy) is 1. The van der Waals surface area contributed by atoms with E-state index in [1.165, 1.54) is 22.1 Å². The van der Waals surface area contributed by atoms with Crippen molar-refractivity contribution in [2.45, 2.75) is 53.2 Å². The molecule has 2 heterocycles. The number of H-pyrrole nitrogens is 1. The van der Waals surface area contributed by atoms with E-state index in [1.807, 2.05) is 76.2 Å². The number of thiazole rings is 1. The lowest BCUT2D eigenvalue weighted by Crippen LogP contribution is -2.29. The zero-order valence-corrected chi connectivity index (χ0v) is 25.2. The van der Waals surface area contributed by atoms with E-state index in [0.29, 0.717) is 16.3 Å². The van der Waals surface area contributed by atoms with Gasteiger partial charge in [0.1, 0.15) is 11.1 Å². The van der Waals surface area contributed by atoms with Gasteiger partial charge in [0.05, 0.1) is 21.5 Å². The van der Waals surface area contributed by atoms with Crippen molar-refractivity contribution in [3.63, 3.8) is 0 Å². The van der Waals surface area contributed by atoms with Crippen LogP contribution < -0.4 is 11.2 Å². The van der Waals surface area contributed by atoms with Gasteiger partial charge in [-0.25, -0.2) is 9.78 Å². The number of Topliss-reactive ketones (excluding diaryl/α,β-unsaturated/α-hetero) is 1. The molecule has 210 valence electrons. The maximum Gasteiger partial charge on any atom is 0.332 e. The first-order valence-corrected chi connectivity index (χ1v) is 14.3. The van der Waals surface area contributed by atoms with Gasteiger partial charge in [0, 0.05) is 33.5 Å². The third-order valence-electron chi connectivity index (χ3n) is 6.65. The highest BCUT2D eigenvalue weighted by atomic mass is 35.5.